The van der Waals surface area contributed by atoms with Crippen LogP contribution in [0.15, 0.2) is 82.4 Å². The van der Waals surface area contributed by atoms with Crippen LogP contribution >= 0.6 is 11.3 Å². The van der Waals surface area contributed by atoms with Crippen molar-refractivity contribution in [3.63, 3.8) is 0 Å². The van der Waals surface area contributed by atoms with Crippen molar-refractivity contribution in [2.45, 2.75) is 0 Å². The molecule has 0 unspecified atom stereocenters. The molecule has 9 heteroatoms. The van der Waals surface area contributed by atoms with E-state index in [4.69, 9.17) is 0 Å². The van der Waals surface area contributed by atoms with Crippen molar-refractivity contribution in [1.29, 1.82) is 0 Å². The predicted octanol–water partition coefficient (Wildman–Crippen LogP) is 4.67. The summed E-state index contributed by atoms with van der Waals surface area (Å²) in [7, 11) is 0. The molecule has 3 aromatic carbocycles. The van der Waals surface area contributed by atoms with Gasteiger partial charge < -0.3 is 0 Å². The van der Waals surface area contributed by atoms with Gasteiger partial charge in [-0.15, -0.1) is 11.3 Å². The van der Waals surface area contributed by atoms with Crippen LogP contribution in [0, 0.1) is 15.9 Å². The van der Waals surface area contributed by atoms with E-state index in [0.717, 1.165) is 4.57 Å². The topological polar surface area (TPSA) is 95.1 Å². The van der Waals surface area contributed by atoms with Gasteiger partial charge in [0.1, 0.15) is 21.9 Å². The Morgan fingerprint density at radius 3 is 2.44 bits per heavy atom. The van der Waals surface area contributed by atoms with Gasteiger partial charge in [-0.1, -0.05) is 18.2 Å². The van der Waals surface area contributed by atoms with Crippen molar-refractivity contribution in [2.75, 3.05) is 0 Å². The molecule has 0 N–H and O–H groups in total. The smallest absolute Gasteiger partial charge is 0.271 e. The first-order valence-corrected chi connectivity index (χ1v) is 10.2. The summed E-state index contributed by atoms with van der Waals surface area (Å²) in [6, 6.07) is 17.8. The second kappa shape index (κ2) is 7.47. The van der Waals surface area contributed by atoms with E-state index >= 15 is 0 Å². The third-order valence-electron chi connectivity index (χ3n) is 5.02. The normalized spacial score (nSPS) is 11.2. The van der Waals surface area contributed by atoms with Gasteiger partial charge in [0.25, 0.3) is 11.2 Å². The Kier molecular flexibility index (Phi) is 4.60. The molecule has 0 saturated heterocycles. The lowest BCUT2D eigenvalue weighted by Gasteiger charge is -2.14. The van der Waals surface area contributed by atoms with Crippen LogP contribution in [0.25, 0.3) is 37.4 Å². The Morgan fingerprint density at radius 2 is 1.72 bits per heavy atom. The van der Waals surface area contributed by atoms with Crippen molar-refractivity contribution in [3.05, 3.63) is 109 Å². The number of rotatable bonds is 3. The number of non-ortho nitro benzene ring substituents is 1. The van der Waals surface area contributed by atoms with Crippen molar-refractivity contribution < 1.29 is 9.31 Å². The van der Waals surface area contributed by atoms with Gasteiger partial charge in [-0.25, -0.2) is 9.37 Å². The van der Waals surface area contributed by atoms with Crippen molar-refractivity contribution in [2.24, 2.45) is 0 Å². The number of nitro benzene ring substituents is 1. The molecule has 156 valence electrons. The molecule has 0 atom stereocenters. The number of halogens is 1. The second-order valence-corrected chi connectivity index (χ2v) is 8.00. The van der Waals surface area contributed by atoms with Gasteiger partial charge >= 0.3 is 0 Å². The molecule has 0 spiro atoms. The molecule has 0 radical (unpaired) electrons. The summed E-state index contributed by atoms with van der Waals surface area (Å²) >= 11 is 1.20. The first-order valence-electron chi connectivity index (χ1n) is 9.43. The van der Waals surface area contributed by atoms with Crippen molar-refractivity contribution >= 4 is 37.3 Å². The fourth-order valence-corrected chi connectivity index (χ4v) is 4.57. The van der Waals surface area contributed by atoms with E-state index in [2.05, 4.69) is 4.98 Å². The van der Waals surface area contributed by atoms with Gasteiger partial charge in [-0.05, 0) is 42.5 Å². The molecule has 7 nitrogen and oxygen atoms in total. The van der Waals surface area contributed by atoms with Gasteiger partial charge in [0.05, 0.1) is 10.6 Å². The molecule has 0 amide bonds. The third kappa shape index (κ3) is 3.15. The largest absolute Gasteiger partial charge is 0.288 e. The summed E-state index contributed by atoms with van der Waals surface area (Å²) in [6.07, 6.45) is 0. The maximum atomic E-state index is 14.0. The summed E-state index contributed by atoms with van der Waals surface area (Å²) in [5.74, 6) is -0.415. The lowest BCUT2D eigenvalue weighted by Crippen LogP contribution is -2.26. The third-order valence-corrected chi connectivity index (χ3v) is 6.08. The van der Waals surface area contributed by atoms with E-state index in [-0.39, 0.29) is 27.4 Å². The quantitative estimate of drug-likeness (QED) is 0.228. The Labute approximate surface area is 182 Å². The van der Waals surface area contributed by atoms with Gasteiger partial charge in [-0.3, -0.25) is 24.3 Å². The maximum absolute atomic E-state index is 14.0. The minimum atomic E-state index is -0.638. The molecular formula is C23H12FN3O4S. The summed E-state index contributed by atoms with van der Waals surface area (Å²) in [5.41, 5.74) is -0.611. The van der Waals surface area contributed by atoms with Crippen molar-refractivity contribution in [3.8, 4) is 17.1 Å². The fraction of sp³-hybridized carbons (Fsp3) is 0. The van der Waals surface area contributed by atoms with Crippen LogP contribution in [0.4, 0.5) is 10.1 Å². The SMILES string of the molecule is O=c1c2ccccc2sc2nc(-c3ccc([N+](=O)[O-])cc3)n(-c3cccc(F)c3)c(=O)c12. The molecule has 5 rings (SSSR count). The molecule has 32 heavy (non-hydrogen) atoms. The summed E-state index contributed by atoms with van der Waals surface area (Å²) in [4.78, 5) is 42.0. The molecule has 0 aliphatic carbocycles. The van der Waals surface area contributed by atoms with Crippen LogP contribution in [0.5, 0.6) is 0 Å². The highest BCUT2D eigenvalue weighted by Crippen LogP contribution is 2.27. The number of fused-ring (bicyclic) bond motifs is 2. The number of hydrogen-bond donors (Lipinski definition) is 0. The molecule has 0 saturated carbocycles. The minimum absolute atomic E-state index is 0.0939. The number of benzene rings is 3. The molecule has 2 heterocycles. The fourth-order valence-electron chi connectivity index (χ4n) is 3.53. The van der Waals surface area contributed by atoms with Crippen LogP contribution < -0.4 is 11.0 Å². The highest BCUT2D eigenvalue weighted by atomic mass is 32.1. The first kappa shape index (κ1) is 19.7. The van der Waals surface area contributed by atoms with Gasteiger partial charge in [0, 0.05) is 27.8 Å². The molecular weight excluding hydrogens is 433 g/mol. The molecule has 0 bridgehead atoms. The highest BCUT2D eigenvalue weighted by molar-refractivity contribution is 7.24. The summed E-state index contributed by atoms with van der Waals surface area (Å²) < 4.78 is 15.8. The average molecular weight is 445 g/mol. The Hall–Kier alpha value is -4.24. The summed E-state index contributed by atoms with van der Waals surface area (Å²) in [5, 5.41) is 11.3. The number of nitrogens with zero attached hydrogens (tertiary/aromatic N) is 3. The van der Waals surface area contributed by atoms with E-state index in [1.54, 1.807) is 24.3 Å². The van der Waals surface area contributed by atoms with E-state index < -0.39 is 21.7 Å². The van der Waals surface area contributed by atoms with Crippen LogP contribution in [-0.4, -0.2) is 14.5 Å². The first-order chi connectivity index (χ1) is 15.4. The van der Waals surface area contributed by atoms with Gasteiger partial charge in [0.2, 0.25) is 5.43 Å². The van der Waals surface area contributed by atoms with E-state index in [9.17, 15) is 24.1 Å². The minimum Gasteiger partial charge on any atom is -0.288 e. The molecule has 5 aromatic rings. The molecule has 2 aromatic heterocycles. The van der Waals surface area contributed by atoms with Gasteiger partial charge in [0.15, 0.2) is 0 Å². The average Bonchev–Trinajstić information content (AvgIpc) is 2.79. The summed E-state index contributed by atoms with van der Waals surface area (Å²) in [6.45, 7) is 0. The lowest BCUT2D eigenvalue weighted by atomic mass is 10.1. The van der Waals surface area contributed by atoms with E-state index in [0.29, 0.717) is 15.6 Å². The highest BCUT2D eigenvalue weighted by Gasteiger charge is 2.19. The van der Waals surface area contributed by atoms with Crippen LogP contribution in [0.3, 0.4) is 0 Å². The Morgan fingerprint density at radius 1 is 0.969 bits per heavy atom. The Bertz CT molecular complexity index is 1660. The van der Waals surface area contributed by atoms with Crippen LogP contribution in [-0.2, 0) is 0 Å². The van der Waals surface area contributed by atoms with Crippen molar-refractivity contribution in [1.82, 2.24) is 9.55 Å². The maximum Gasteiger partial charge on any atom is 0.271 e. The zero-order valence-corrected chi connectivity index (χ0v) is 17.0. The second-order valence-electron chi connectivity index (χ2n) is 6.97. The monoisotopic (exact) mass is 445 g/mol. The zero-order valence-electron chi connectivity index (χ0n) is 16.2. The number of nitro groups is 1. The number of aromatic nitrogens is 2. The standard InChI is InChI=1S/C23H12FN3O4S/c24-14-4-3-5-16(12-14)26-21(13-8-10-15(11-9-13)27(30)31)25-22-19(23(26)29)20(28)17-6-1-2-7-18(17)32-22/h1-12H. The molecule has 0 aliphatic rings. The number of hydrogen-bond acceptors (Lipinski definition) is 6. The molecule has 0 aliphatic heterocycles. The van der Waals surface area contributed by atoms with Gasteiger partial charge in [-0.2, -0.15) is 0 Å². The Balaban J connectivity index is 1.92. The van der Waals surface area contributed by atoms with Crippen LogP contribution in [0.1, 0.15) is 0 Å². The van der Waals surface area contributed by atoms with Crippen LogP contribution in [0.2, 0.25) is 0 Å². The molecule has 0 fully saturated rings. The zero-order chi connectivity index (χ0) is 22.4. The van der Waals surface area contributed by atoms with E-state index in [1.165, 1.54) is 59.9 Å². The van der Waals surface area contributed by atoms with E-state index in [1.807, 2.05) is 0 Å². The lowest BCUT2D eigenvalue weighted by molar-refractivity contribution is -0.384. The predicted molar refractivity (Wildman–Crippen MR) is 121 cm³/mol.